The van der Waals surface area contributed by atoms with Gasteiger partial charge in [-0.2, -0.15) is 0 Å². The van der Waals surface area contributed by atoms with E-state index in [1.807, 2.05) is 0 Å². The Hall–Kier alpha value is -0.450. The minimum absolute atomic E-state index is 0.267. The molecule has 0 spiro atoms. The van der Waals surface area contributed by atoms with Crippen LogP contribution in [0.1, 0.15) is 12.0 Å². The van der Waals surface area contributed by atoms with Gasteiger partial charge < -0.3 is 9.84 Å². The molecule has 1 atom stereocenters. The van der Waals surface area contributed by atoms with E-state index in [-0.39, 0.29) is 5.82 Å². The number of aliphatic hydroxyl groups excluding tert-OH is 1. The highest BCUT2D eigenvalue weighted by molar-refractivity contribution is 9.10. The average molecular weight is 277 g/mol. The first kappa shape index (κ1) is 12.6. The highest BCUT2D eigenvalue weighted by Crippen LogP contribution is 2.18. The van der Waals surface area contributed by atoms with Gasteiger partial charge in [-0.3, -0.25) is 0 Å². The average Bonchev–Trinajstić information content (AvgIpc) is 2.20. The molecule has 0 saturated heterocycles. The third-order valence-electron chi connectivity index (χ3n) is 2.11. The summed E-state index contributed by atoms with van der Waals surface area (Å²) in [5.74, 6) is -0.267. The molecule has 1 unspecified atom stereocenters. The largest absolute Gasteiger partial charge is 0.391 e. The Kier molecular flexibility index (Phi) is 5.22. The molecule has 0 aromatic heterocycles. The van der Waals surface area contributed by atoms with Gasteiger partial charge in [-0.15, -0.1) is 0 Å². The molecular weight excluding hydrogens is 263 g/mol. The Bertz CT molecular complexity index is 317. The molecule has 1 aromatic rings. The lowest BCUT2D eigenvalue weighted by molar-refractivity contribution is 0.0595. The van der Waals surface area contributed by atoms with E-state index in [9.17, 15) is 9.50 Å². The van der Waals surface area contributed by atoms with Crippen molar-refractivity contribution in [2.75, 3.05) is 13.7 Å². The van der Waals surface area contributed by atoms with Crippen LogP contribution in [0.25, 0.3) is 0 Å². The first-order valence-corrected chi connectivity index (χ1v) is 5.53. The SMILES string of the molecule is COCC(O)CCc1ccc(F)c(Br)c1. The summed E-state index contributed by atoms with van der Waals surface area (Å²) >= 11 is 3.12. The first-order valence-electron chi connectivity index (χ1n) is 4.74. The zero-order chi connectivity index (χ0) is 11.3. The summed E-state index contributed by atoms with van der Waals surface area (Å²) in [5, 5.41) is 9.42. The predicted octanol–water partition coefficient (Wildman–Crippen LogP) is 2.53. The maximum atomic E-state index is 12.9. The molecule has 0 amide bonds. The van der Waals surface area contributed by atoms with E-state index < -0.39 is 6.10 Å². The number of rotatable bonds is 5. The van der Waals surface area contributed by atoms with Crippen molar-refractivity contribution in [3.63, 3.8) is 0 Å². The second-order valence-corrected chi connectivity index (χ2v) is 4.25. The maximum absolute atomic E-state index is 12.9. The maximum Gasteiger partial charge on any atom is 0.137 e. The number of ether oxygens (including phenoxy) is 1. The molecule has 84 valence electrons. The van der Waals surface area contributed by atoms with Crippen LogP contribution in [0.3, 0.4) is 0 Å². The molecule has 0 aliphatic carbocycles. The number of benzene rings is 1. The van der Waals surface area contributed by atoms with Crippen molar-refractivity contribution in [2.24, 2.45) is 0 Å². The van der Waals surface area contributed by atoms with Crippen LogP contribution in [-0.4, -0.2) is 24.9 Å². The topological polar surface area (TPSA) is 29.5 Å². The molecule has 1 rings (SSSR count). The number of hydrogen-bond donors (Lipinski definition) is 1. The third kappa shape index (κ3) is 4.28. The van der Waals surface area contributed by atoms with E-state index in [1.165, 1.54) is 6.07 Å². The highest BCUT2D eigenvalue weighted by Gasteiger charge is 2.05. The molecular formula is C11H14BrFO2. The lowest BCUT2D eigenvalue weighted by Gasteiger charge is -2.09. The van der Waals surface area contributed by atoms with Crippen molar-refractivity contribution in [3.8, 4) is 0 Å². The van der Waals surface area contributed by atoms with Gasteiger partial charge in [0.15, 0.2) is 0 Å². The number of methoxy groups -OCH3 is 1. The van der Waals surface area contributed by atoms with Crippen LogP contribution in [0.2, 0.25) is 0 Å². The van der Waals surface area contributed by atoms with Crippen LogP contribution >= 0.6 is 15.9 Å². The monoisotopic (exact) mass is 276 g/mol. The van der Waals surface area contributed by atoms with Crippen LogP contribution in [-0.2, 0) is 11.2 Å². The molecule has 15 heavy (non-hydrogen) atoms. The summed E-state index contributed by atoms with van der Waals surface area (Å²) in [7, 11) is 1.55. The van der Waals surface area contributed by atoms with Gasteiger partial charge in [0, 0.05) is 7.11 Å². The summed E-state index contributed by atoms with van der Waals surface area (Å²) in [6.07, 6.45) is 0.869. The Balaban J connectivity index is 2.47. The van der Waals surface area contributed by atoms with Crippen LogP contribution in [0, 0.1) is 5.82 Å². The van der Waals surface area contributed by atoms with Crippen molar-refractivity contribution in [2.45, 2.75) is 18.9 Å². The van der Waals surface area contributed by atoms with E-state index >= 15 is 0 Å². The third-order valence-corrected chi connectivity index (χ3v) is 2.72. The number of aliphatic hydroxyl groups is 1. The van der Waals surface area contributed by atoms with Crippen molar-refractivity contribution >= 4 is 15.9 Å². The van der Waals surface area contributed by atoms with E-state index in [1.54, 1.807) is 19.2 Å². The molecule has 0 bridgehead atoms. The molecule has 2 nitrogen and oxygen atoms in total. The van der Waals surface area contributed by atoms with Crippen molar-refractivity contribution in [3.05, 3.63) is 34.1 Å². The summed E-state index contributed by atoms with van der Waals surface area (Å²) in [4.78, 5) is 0. The standard InChI is InChI=1S/C11H14BrFO2/c1-15-7-9(14)4-2-8-3-5-11(13)10(12)6-8/h3,5-6,9,14H,2,4,7H2,1H3. The van der Waals surface area contributed by atoms with E-state index in [2.05, 4.69) is 15.9 Å². The Labute approximate surface area is 97.2 Å². The lowest BCUT2D eigenvalue weighted by atomic mass is 10.1. The molecule has 0 heterocycles. The first-order chi connectivity index (χ1) is 7.13. The van der Waals surface area contributed by atoms with Gasteiger partial charge in [-0.05, 0) is 46.5 Å². The van der Waals surface area contributed by atoms with Crippen molar-refractivity contribution < 1.29 is 14.2 Å². The highest BCUT2D eigenvalue weighted by atomic mass is 79.9. The fourth-order valence-electron chi connectivity index (χ4n) is 1.30. The van der Waals surface area contributed by atoms with E-state index in [4.69, 9.17) is 4.74 Å². The van der Waals surface area contributed by atoms with E-state index in [0.717, 1.165) is 5.56 Å². The van der Waals surface area contributed by atoms with Gasteiger partial charge in [0.2, 0.25) is 0 Å². The van der Waals surface area contributed by atoms with Gasteiger partial charge in [-0.25, -0.2) is 4.39 Å². The second kappa shape index (κ2) is 6.20. The molecule has 0 saturated carbocycles. The fourth-order valence-corrected chi connectivity index (χ4v) is 1.73. The van der Waals surface area contributed by atoms with Crippen molar-refractivity contribution in [1.82, 2.24) is 0 Å². The second-order valence-electron chi connectivity index (χ2n) is 3.40. The molecule has 1 aromatic carbocycles. The quantitative estimate of drug-likeness (QED) is 0.896. The summed E-state index contributed by atoms with van der Waals surface area (Å²) in [6, 6.07) is 4.87. The summed E-state index contributed by atoms with van der Waals surface area (Å²) in [5.41, 5.74) is 0.999. The van der Waals surface area contributed by atoms with Gasteiger partial charge in [0.25, 0.3) is 0 Å². The minimum Gasteiger partial charge on any atom is -0.391 e. The van der Waals surface area contributed by atoms with Crippen molar-refractivity contribution in [1.29, 1.82) is 0 Å². The Morgan fingerprint density at radius 2 is 2.27 bits per heavy atom. The lowest BCUT2D eigenvalue weighted by Crippen LogP contribution is -2.14. The number of hydrogen-bond acceptors (Lipinski definition) is 2. The fraction of sp³-hybridized carbons (Fsp3) is 0.455. The Morgan fingerprint density at radius 3 is 2.87 bits per heavy atom. The van der Waals surface area contributed by atoms with Gasteiger partial charge in [0.05, 0.1) is 17.2 Å². The zero-order valence-corrected chi connectivity index (χ0v) is 10.1. The van der Waals surface area contributed by atoms with Gasteiger partial charge in [0.1, 0.15) is 5.82 Å². The minimum atomic E-state index is -0.459. The Morgan fingerprint density at radius 1 is 1.53 bits per heavy atom. The summed E-state index contributed by atoms with van der Waals surface area (Å²) in [6.45, 7) is 0.336. The van der Waals surface area contributed by atoms with Crippen LogP contribution in [0.4, 0.5) is 4.39 Å². The number of halogens is 2. The summed E-state index contributed by atoms with van der Waals surface area (Å²) < 4.78 is 18.2. The normalized spacial score (nSPS) is 12.8. The number of aryl methyl sites for hydroxylation is 1. The molecule has 1 N–H and O–H groups in total. The smallest absolute Gasteiger partial charge is 0.137 e. The van der Waals surface area contributed by atoms with Gasteiger partial charge >= 0.3 is 0 Å². The molecule has 0 aliphatic rings. The van der Waals surface area contributed by atoms with Crippen LogP contribution in [0.5, 0.6) is 0 Å². The molecule has 0 radical (unpaired) electrons. The zero-order valence-electron chi connectivity index (χ0n) is 8.54. The van der Waals surface area contributed by atoms with Crippen LogP contribution < -0.4 is 0 Å². The van der Waals surface area contributed by atoms with Gasteiger partial charge in [-0.1, -0.05) is 6.07 Å². The van der Waals surface area contributed by atoms with E-state index in [0.29, 0.717) is 23.9 Å². The molecule has 4 heteroatoms. The predicted molar refractivity (Wildman–Crippen MR) is 60.3 cm³/mol. The molecule has 0 fully saturated rings. The molecule has 0 aliphatic heterocycles. The van der Waals surface area contributed by atoms with Crippen LogP contribution in [0.15, 0.2) is 22.7 Å².